The van der Waals surface area contributed by atoms with Gasteiger partial charge in [-0.3, -0.25) is 9.10 Å². The van der Waals surface area contributed by atoms with Crippen molar-refractivity contribution < 1.29 is 17.6 Å². The summed E-state index contributed by atoms with van der Waals surface area (Å²) in [7, 11) is -4.08. The van der Waals surface area contributed by atoms with Crippen molar-refractivity contribution in [3.63, 3.8) is 0 Å². The third-order valence-electron chi connectivity index (χ3n) is 4.18. The summed E-state index contributed by atoms with van der Waals surface area (Å²) >= 11 is 9.02. The number of aryl methyl sites for hydroxylation is 1. The Bertz CT molecular complexity index is 1190. The zero-order valence-electron chi connectivity index (χ0n) is 15.8. The van der Waals surface area contributed by atoms with Crippen LogP contribution < -0.4 is 9.62 Å². The molecule has 0 saturated carbocycles. The number of nitrogens with zero attached hydrogens (tertiary/aromatic N) is 1. The van der Waals surface area contributed by atoms with Crippen LogP contribution in [0.5, 0.6) is 0 Å². The third kappa shape index (κ3) is 5.19. The Morgan fingerprint density at radius 1 is 1.10 bits per heavy atom. The number of halogens is 3. The number of anilines is 2. The molecule has 0 aromatic heterocycles. The molecule has 5 nitrogen and oxygen atoms in total. The maximum absolute atomic E-state index is 14.1. The van der Waals surface area contributed by atoms with Crippen LogP contribution in [0.3, 0.4) is 0 Å². The lowest BCUT2D eigenvalue weighted by atomic mass is 10.2. The first-order valence-electron chi connectivity index (χ1n) is 8.77. The molecule has 0 radical (unpaired) electrons. The Kier molecular flexibility index (Phi) is 6.80. The summed E-state index contributed by atoms with van der Waals surface area (Å²) < 4.78 is 42.1. The normalized spacial score (nSPS) is 11.2. The van der Waals surface area contributed by atoms with Gasteiger partial charge in [-0.2, -0.15) is 0 Å². The highest BCUT2D eigenvalue weighted by Gasteiger charge is 2.27. The third-order valence-corrected chi connectivity index (χ3v) is 6.72. The van der Waals surface area contributed by atoms with Crippen LogP contribution in [-0.2, 0) is 14.8 Å². The van der Waals surface area contributed by atoms with E-state index < -0.39 is 28.3 Å². The second kappa shape index (κ2) is 9.16. The molecule has 0 aliphatic rings. The highest BCUT2D eigenvalue weighted by Crippen LogP contribution is 2.26. The molecule has 1 N–H and O–H groups in total. The molecule has 3 aromatic rings. The molecular formula is C21H17BrClFN2O3S. The monoisotopic (exact) mass is 510 g/mol. The van der Waals surface area contributed by atoms with E-state index in [0.717, 1.165) is 9.87 Å². The van der Waals surface area contributed by atoms with Gasteiger partial charge in [-0.15, -0.1) is 0 Å². The standard InChI is InChI=1S/C21H17BrClFN2O3S/c1-14-3-2-4-17(11-14)26(30(28,29)18-8-6-16(23)7-9-18)13-21(27)25-20-10-5-15(22)12-19(20)24/h2-12H,13H2,1H3,(H,25,27). The fourth-order valence-electron chi connectivity index (χ4n) is 2.74. The number of sulfonamides is 1. The molecular weight excluding hydrogens is 495 g/mol. The number of hydrogen-bond donors (Lipinski definition) is 1. The lowest BCUT2D eigenvalue weighted by molar-refractivity contribution is -0.114. The summed E-state index contributed by atoms with van der Waals surface area (Å²) in [6.45, 7) is 1.28. The first kappa shape index (κ1) is 22.3. The summed E-state index contributed by atoms with van der Waals surface area (Å²) in [5, 5.41) is 2.81. The number of benzene rings is 3. The van der Waals surface area contributed by atoms with Crippen molar-refractivity contribution in [2.45, 2.75) is 11.8 Å². The van der Waals surface area contributed by atoms with Crippen molar-refractivity contribution in [1.82, 2.24) is 0 Å². The van der Waals surface area contributed by atoms with Gasteiger partial charge in [0.15, 0.2) is 0 Å². The van der Waals surface area contributed by atoms with Crippen LogP contribution >= 0.6 is 27.5 Å². The number of nitrogens with one attached hydrogen (secondary N) is 1. The Balaban J connectivity index is 1.95. The quantitative estimate of drug-likeness (QED) is 0.483. The average Bonchev–Trinajstić information content (AvgIpc) is 2.68. The molecule has 30 heavy (non-hydrogen) atoms. The van der Waals surface area contributed by atoms with Crippen molar-refractivity contribution in [3.8, 4) is 0 Å². The topological polar surface area (TPSA) is 66.5 Å². The fourth-order valence-corrected chi connectivity index (χ4v) is 4.61. The van der Waals surface area contributed by atoms with E-state index in [9.17, 15) is 17.6 Å². The molecule has 0 spiro atoms. The van der Waals surface area contributed by atoms with Gasteiger partial charge >= 0.3 is 0 Å². The van der Waals surface area contributed by atoms with Gasteiger partial charge in [0.05, 0.1) is 16.3 Å². The van der Waals surface area contributed by atoms with Gasteiger partial charge < -0.3 is 5.32 Å². The van der Waals surface area contributed by atoms with E-state index in [0.29, 0.717) is 15.2 Å². The van der Waals surface area contributed by atoms with Crippen LogP contribution in [-0.4, -0.2) is 20.9 Å². The summed E-state index contributed by atoms with van der Waals surface area (Å²) in [5.74, 6) is -1.32. The second-order valence-corrected chi connectivity index (χ2v) is 9.69. The van der Waals surface area contributed by atoms with E-state index in [4.69, 9.17) is 11.6 Å². The number of carbonyl (C=O) groups is 1. The van der Waals surface area contributed by atoms with Crippen LogP contribution in [0.15, 0.2) is 76.1 Å². The van der Waals surface area contributed by atoms with Gasteiger partial charge in [0.1, 0.15) is 12.4 Å². The van der Waals surface area contributed by atoms with Gasteiger partial charge in [-0.25, -0.2) is 12.8 Å². The van der Waals surface area contributed by atoms with Crippen molar-refractivity contribution in [3.05, 3.63) is 87.6 Å². The predicted octanol–water partition coefficient (Wildman–Crippen LogP) is 5.38. The molecule has 0 fully saturated rings. The number of amides is 1. The Labute approximate surface area is 187 Å². The highest BCUT2D eigenvalue weighted by molar-refractivity contribution is 9.10. The lowest BCUT2D eigenvalue weighted by Crippen LogP contribution is -2.38. The lowest BCUT2D eigenvalue weighted by Gasteiger charge is -2.24. The minimum Gasteiger partial charge on any atom is -0.322 e. The van der Waals surface area contributed by atoms with E-state index in [1.807, 2.05) is 13.0 Å². The molecule has 9 heteroatoms. The minimum absolute atomic E-state index is 0.0176. The Morgan fingerprint density at radius 3 is 2.43 bits per heavy atom. The summed E-state index contributed by atoms with van der Waals surface area (Å²) in [5.41, 5.74) is 1.09. The van der Waals surface area contributed by atoms with E-state index >= 15 is 0 Å². The average molecular weight is 512 g/mol. The predicted molar refractivity (Wildman–Crippen MR) is 120 cm³/mol. The number of carbonyl (C=O) groups excluding carboxylic acids is 1. The fraction of sp³-hybridized carbons (Fsp3) is 0.0952. The zero-order valence-corrected chi connectivity index (χ0v) is 18.9. The molecule has 0 saturated heterocycles. The van der Waals surface area contributed by atoms with Crippen LogP contribution in [0.2, 0.25) is 5.02 Å². The maximum atomic E-state index is 14.1. The highest BCUT2D eigenvalue weighted by atomic mass is 79.9. The minimum atomic E-state index is -4.08. The molecule has 156 valence electrons. The van der Waals surface area contributed by atoms with Crippen LogP contribution in [0, 0.1) is 12.7 Å². The van der Waals surface area contributed by atoms with Crippen molar-refractivity contribution in [1.29, 1.82) is 0 Å². The van der Waals surface area contributed by atoms with Gasteiger partial charge in [0.25, 0.3) is 10.0 Å². The molecule has 0 aliphatic carbocycles. The largest absolute Gasteiger partial charge is 0.322 e. The van der Waals surface area contributed by atoms with Crippen molar-refractivity contribution in [2.75, 3.05) is 16.2 Å². The van der Waals surface area contributed by atoms with Crippen LogP contribution in [0.4, 0.5) is 15.8 Å². The first-order valence-corrected chi connectivity index (χ1v) is 11.4. The molecule has 0 atom stereocenters. The van der Waals surface area contributed by atoms with Crippen molar-refractivity contribution >= 4 is 54.8 Å². The van der Waals surface area contributed by atoms with E-state index in [2.05, 4.69) is 21.2 Å². The summed E-state index contributed by atoms with van der Waals surface area (Å²) in [6, 6.07) is 16.6. The van der Waals surface area contributed by atoms with E-state index in [-0.39, 0.29) is 10.6 Å². The molecule has 3 rings (SSSR count). The number of rotatable bonds is 6. The SMILES string of the molecule is Cc1cccc(N(CC(=O)Nc2ccc(Br)cc2F)S(=O)(=O)c2ccc(Cl)cc2)c1. The molecule has 3 aromatic carbocycles. The molecule has 0 bridgehead atoms. The van der Waals surface area contributed by atoms with Gasteiger partial charge in [-0.1, -0.05) is 39.7 Å². The van der Waals surface area contributed by atoms with Gasteiger partial charge in [0.2, 0.25) is 5.91 Å². The maximum Gasteiger partial charge on any atom is 0.264 e. The summed E-state index contributed by atoms with van der Waals surface area (Å²) in [6.07, 6.45) is 0. The smallest absolute Gasteiger partial charge is 0.264 e. The molecule has 1 amide bonds. The van der Waals surface area contributed by atoms with Crippen LogP contribution in [0.25, 0.3) is 0 Å². The zero-order chi connectivity index (χ0) is 21.9. The van der Waals surface area contributed by atoms with E-state index in [1.165, 1.54) is 36.4 Å². The van der Waals surface area contributed by atoms with Crippen LogP contribution in [0.1, 0.15) is 5.56 Å². The Morgan fingerprint density at radius 2 is 1.80 bits per heavy atom. The van der Waals surface area contributed by atoms with Crippen molar-refractivity contribution in [2.24, 2.45) is 0 Å². The summed E-state index contributed by atoms with van der Waals surface area (Å²) in [4.78, 5) is 12.6. The van der Waals surface area contributed by atoms with E-state index in [1.54, 1.807) is 24.3 Å². The first-order chi connectivity index (χ1) is 14.2. The second-order valence-electron chi connectivity index (χ2n) is 6.48. The molecule has 0 aliphatic heterocycles. The van der Waals surface area contributed by atoms with Gasteiger partial charge in [0, 0.05) is 9.50 Å². The molecule has 0 heterocycles. The molecule has 0 unspecified atom stereocenters. The Hall–Kier alpha value is -2.42. The number of hydrogen-bond acceptors (Lipinski definition) is 3. The van der Waals surface area contributed by atoms with Gasteiger partial charge in [-0.05, 0) is 67.1 Å².